The first-order valence-corrected chi connectivity index (χ1v) is 10.6. The number of nitrogens with zero attached hydrogens (tertiary/aromatic N) is 1. The molecular formula is C20H14BrF3N2O2S2. The third-order valence-corrected chi connectivity index (χ3v) is 6.05. The molecule has 30 heavy (non-hydrogen) atoms. The van der Waals surface area contributed by atoms with Crippen molar-refractivity contribution < 1.29 is 22.8 Å². The van der Waals surface area contributed by atoms with Crippen molar-refractivity contribution in [2.45, 2.75) is 19.1 Å². The second-order valence-electron chi connectivity index (χ2n) is 6.32. The van der Waals surface area contributed by atoms with Gasteiger partial charge in [-0.3, -0.25) is 14.5 Å². The third-order valence-electron chi connectivity index (χ3n) is 4.23. The van der Waals surface area contributed by atoms with Crippen LogP contribution in [0, 0.1) is 0 Å². The molecule has 1 N–H and O–H groups in total. The van der Waals surface area contributed by atoms with Gasteiger partial charge in [0.2, 0.25) is 5.91 Å². The number of nitrogens with one attached hydrogen (secondary N) is 1. The van der Waals surface area contributed by atoms with Crippen LogP contribution in [-0.2, 0) is 15.8 Å². The van der Waals surface area contributed by atoms with E-state index in [1.54, 1.807) is 6.08 Å². The van der Waals surface area contributed by atoms with Gasteiger partial charge < -0.3 is 5.32 Å². The summed E-state index contributed by atoms with van der Waals surface area (Å²) < 4.78 is 40.5. The molecule has 0 bridgehead atoms. The van der Waals surface area contributed by atoms with Gasteiger partial charge in [-0.2, -0.15) is 13.2 Å². The molecule has 1 atom stereocenters. The summed E-state index contributed by atoms with van der Waals surface area (Å²) in [7, 11) is 0. The molecule has 0 aliphatic carbocycles. The number of alkyl halides is 3. The maximum absolute atomic E-state index is 13.2. The minimum Gasteiger partial charge on any atom is -0.324 e. The van der Waals surface area contributed by atoms with E-state index in [0.29, 0.717) is 4.91 Å². The van der Waals surface area contributed by atoms with Crippen molar-refractivity contribution in [2.75, 3.05) is 5.32 Å². The second kappa shape index (κ2) is 8.91. The predicted octanol–water partition coefficient (Wildman–Crippen LogP) is 5.70. The zero-order valence-electron chi connectivity index (χ0n) is 15.4. The molecule has 2 amide bonds. The van der Waals surface area contributed by atoms with Gasteiger partial charge in [-0.15, -0.1) is 0 Å². The Morgan fingerprint density at radius 1 is 1.23 bits per heavy atom. The fourth-order valence-corrected chi connectivity index (χ4v) is 4.59. The van der Waals surface area contributed by atoms with Gasteiger partial charge in [-0.1, -0.05) is 64.2 Å². The van der Waals surface area contributed by atoms with Gasteiger partial charge in [-0.05, 0) is 42.8 Å². The molecule has 0 aromatic heterocycles. The summed E-state index contributed by atoms with van der Waals surface area (Å²) in [6.45, 7) is 1.42. The summed E-state index contributed by atoms with van der Waals surface area (Å²) in [6, 6.07) is 10.8. The number of halogens is 4. The monoisotopic (exact) mass is 514 g/mol. The molecule has 1 unspecified atom stereocenters. The number of thioether (sulfide) groups is 1. The Hall–Kier alpha value is -2.17. The fraction of sp³-hybridized carbons (Fsp3) is 0.150. The van der Waals surface area contributed by atoms with E-state index in [-0.39, 0.29) is 10.0 Å². The highest BCUT2D eigenvalue weighted by Gasteiger charge is 2.39. The molecule has 1 aliphatic heterocycles. The zero-order chi connectivity index (χ0) is 22.1. The smallest absolute Gasteiger partial charge is 0.324 e. The zero-order valence-corrected chi connectivity index (χ0v) is 18.6. The highest BCUT2D eigenvalue weighted by Crippen LogP contribution is 2.36. The second-order valence-corrected chi connectivity index (χ2v) is 8.91. The van der Waals surface area contributed by atoms with Gasteiger partial charge in [-0.25, -0.2) is 0 Å². The van der Waals surface area contributed by atoms with Crippen LogP contribution >= 0.6 is 39.9 Å². The number of hydrogen-bond donors (Lipinski definition) is 1. The molecule has 0 spiro atoms. The molecular weight excluding hydrogens is 501 g/mol. The topological polar surface area (TPSA) is 49.4 Å². The summed E-state index contributed by atoms with van der Waals surface area (Å²) >= 11 is 9.63. The molecule has 10 heteroatoms. The van der Waals surface area contributed by atoms with Crippen LogP contribution in [0.25, 0.3) is 6.08 Å². The minimum atomic E-state index is -4.62. The SMILES string of the molecule is CC(C(=O)Nc1ccccc1C(F)(F)F)N1C(=O)/C(=C/c2cccc(Br)c2)SC1=S. The minimum absolute atomic E-state index is 0.160. The standard InChI is InChI=1S/C20H14BrF3N2O2S2/c1-11(17(27)25-15-8-3-2-7-14(15)20(22,23)24)26-18(28)16(30-19(26)29)10-12-5-4-6-13(21)9-12/h2-11H,1H3,(H,25,27)/b16-10-. The maximum Gasteiger partial charge on any atom is 0.418 e. The lowest BCUT2D eigenvalue weighted by molar-refractivity contribution is -0.137. The van der Waals surface area contributed by atoms with Gasteiger partial charge in [0, 0.05) is 4.47 Å². The van der Waals surface area contributed by atoms with Crippen molar-refractivity contribution in [3.05, 3.63) is 69.0 Å². The maximum atomic E-state index is 13.2. The van der Waals surface area contributed by atoms with Crippen LogP contribution in [0.1, 0.15) is 18.1 Å². The first kappa shape index (κ1) is 22.5. The van der Waals surface area contributed by atoms with E-state index in [2.05, 4.69) is 21.2 Å². The van der Waals surface area contributed by atoms with Crippen molar-refractivity contribution in [3.63, 3.8) is 0 Å². The average Bonchev–Trinajstić information content (AvgIpc) is 2.94. The summed E-state index contributed by atoms with van der Waals surface area (Å²) in [6.07, 6.45) is -2.98. The van der Waals surface area contributed by atoms with Gasteiger partial charge in [0.05, 0.1) is 16.2 Å². The van der Waals surface area contributed by atoms with E-state index in [1.807, 2.05) is 24.3 Å². The molecule has 2 aromatic rings. The molecule has 4 nitrogen and oxygen atoms in total. The van der Waals surface area contributed by atoms with Crippen LogP contribution in [0.3, 0.4) is 0 Å². The van der Waals surface area contributed by atoms with Crippen molar-refractivity contribution in [3.8, 4) is 0 Å². The number of para-hydroxylation sites is 1. The van der Waals surface area contributed by atoms with Crippen LogP contribution in [0.15, 0.2) is 57.9 Å². The van der Waals surface area contributed by atoms with Gasteiger partial charge in [0.1, 0.15) is 10.4 Å². The molecule has 1 heterocycles. The molecule has 0 saturated carbocycles. The average molecular weight is 515 g/mol. The molecule has 1 saturated heterocycles. The Morgan fingerprint density at radius 3 is 2.60 bits per heavy atom. The lowest BCUT2D eigenvalue weighted by Gasteiger charge is -2.23. The molecule has 3 rings (SSSR count). The lowest BCUT2D eigenvalue weighted by atomic mass is 10.1. The van der Waals surface area contributed by atoms with E-state index < -0.39 is 29.6 Å². The van der Waals surface area contributed by atoms with Crippen molar-refractivity contribution in [2.24, 2.45) is 0 Å². The Kier molecular flexibility index (Phi) is 6.68. The summed E-state index contributed by atoms with van der Waals surface area (Å²) in [4.78, 5) is 26.9. The number of amides is 2. The molecule has 1 aliphatic rings. The number of carbonyl (C=O) groups excluding carboxylic acids is 2. The number of carbonyl (C=O) groups is 2. The number of anilines is 1. The van der Waals surface area contributed by atoms with Crippen molar-refractivity contribution in [1.29, 1.82) is 0 Å². The molecule has 1 fully saturated rings. The fourth-order valence-electron chi connectivity index (χ4n) is 2.76. The first-order chi connectivity index (χ1) is 14.1. The summed E-state index contributed by atoms with van der Waals surface area (Å²) in [5.74, 6) is -1.25. The summed E-state index contributed by atoms with van der Waals surface area (Å²) in [5, 5.41) is 2.26. The van der Waals surface area contributed by atoms with E-state index in [4.69, 9.17) is 12.2 Å². The van der Waals surface area contributed by atoms with Crippen LogP contribution in [-0.4, -0.2) is 27.1 Å². The van der Waals surface area contributed by atoms with Crippen LogP contribution < -0.4 is 5.32 Å². The first-order valence-electron chi connectivity index (χ1n) is 8.57. The van der Waals surface area contributed by atoms with Gasteiger partial charge in [0.25, 0.3) is 5.91 Å². The van der Waals surface area contributed by atoms with E-state index in [0.717, 1.165) is 38.8 Å². The van der Waals surface area contributed by atoms with Crippen molar-refractivity contribution in [1.82, 2.24) is 4.90 Å². The van der Waals surface area contributed by atoms with Crippen LogP contribution in [0.5, 0.6) is 0 Å². The van der Waals surface area contributed by atoms with Crippen LogP contribution in [0.2, 0.25) is 0 Å². The number of benzene rings is 2. The number of rotatable bonds is 4. The number of hydrogen-bond acceptors (Lipinski definition) is 4. The highest BCUT2D eigenvalue weighted by molar-refractivity contribution is 9.10. The normalized spacial score (nSPS) is 16.8. The Labute approximate surface area is 188 Å². The Bertz CT molecular complexity index is 1060. The number of thiocarbonyl (C=S) groups is 1. The molecule has 156 valence electrons. The third kappa shape index (κ3) is 4.93. The van der Waals surface area contributed by atoms with E-state index in [1.165, 1.54) is 19.1 Å². The summed E-state index contributed by atoms with van der Waals surface area (Å²) in [5.41, 5.74) is -0.580. The molecule has 2 aromatic carbocycles. The van der Waals surface area contributed by atoms with Gasteiger partial charge >= 0.3 is 6.18 Å². The Morgan fingerprint density at radius 2 is 1.93 bits per heavy atom. The van der Waals surface area contributed by atoms with Crippen LogP contribution in [0.4, 0.5) is 18.9 Å². The lowest BCUT2D eigenvalue weighted by Crippen LogP contribution is -2.44. The quantitative estimate of drug-likeness (QED) is 0.420. The van der Waals surface area contributed by atoms with Crippen molar-refractivity contribution >= 4 is 67.8 Å². The molecule has 0 radical (unpaired) electrons. The Balaban J connectivity index is 1.80. The largest absolute Gasteiger partial charge is 0.418 e. The predicted molar refractivity (Wildman–Crippen MR) is 119 cm³/mol. The highest BCUT2D eigenvalue weighted by atomic mass is 79.9. The van der Waals surface area contributed by atoms with Gasteiger partial charge in [0.15, 0.2) is 0 Å². The van der Waals surface area contributed by atoms with E-state index >= 15 is 0 Å². The van der Waals surface area contributed by atoms with E-state index in [9.17, 15) is 22.8 Å².